The van der Waals surface area contributed by atoms with E-state index in [2.05, 4.69) is 31.3 Å². The molecule has 0 bridgehead atoms. The Kier molecular flexibility index (Phi) is 31.3. The normalized spacial score (nSPS) is 14.0. The van der Waals surface area contributed by atoms with Crippen LogP contribution >= 0.6 is 0 Å². The second kappa shape index (κ2) is 32.0. The molecule has 3 unspecified atom stereocenters. The molecule has 0 aliphatic heterocycles. The van der Waals surface area contributed by atoms with E-state index >= 15 is 0 Å². The van der Waals surface area contributed by atoms with Crippen molar-refractivity contribution in [3.8, 4) is 0 Å². The summed E-state index contributed by atoms with van der Waals surface area (Å²) in [6.45, 7) is 4.14. The summed E-state index contributed by atoms with van der Waals surface area (Å²) in [4.78, 5) is 12.3. The lowest BCUT2D eigenvalue weighted by Crippen LogP contribution is -2.50. The van der Waals surface area contributed by atoms with Crippen LogP contribution in [0.25, 0.3) is 0 Å². The molecule has 0 rings (SSSR count). The zero-order valence-corrected chi connectivity index (χ0v) is 27.4. The third kappa shape index (κ3) is 27.7. The van der Waals surface area contributed by atoms with Gasteiger partial charge in [-0.15, -0.1) is 0 Å². The molecule has 0 radical (unpaired) electrons. The van der Waals surface area contributed by atoms with Crippen LogP contribution in [-0.2, 0) is 4.79 Å². The Hall–Kier alpha value is -0.910. The van der Waals surface area contributed by atoms with E-state index in [9.17, 15) is 20.1 Å². The Morgan fingerprint density at radius 3 is 1.41 bits per heavy atom. The minimum Gasteiger partial charge on any atom is -0.394 e. The number of aliphatic hydroxyl groups excluding tert-OH is 3. The van der Waals surface area contributed by atoms with Gasteiger partial charge in [-0.1, -0.05) is 154 Å². The number of carbonyl (C=O) groups is 1. The Balaban J connectivity index is 3.70. The predicted molar refractivity (Wildman–Crippen MR) is 176 cm³/mol. The van der Waals surface area contributed by atoms with Crippen LogP contribution in [0.5, 0.6) is 0 Å². The minimum atomic E-state index is -1.15. The first-order valence-electron chi connectivity index (χ1n) is 18.0. The van der Waals surface area contributed by atoms with E-state index in [1.807, 2.05) is 0 Å². The van der Waals surface area contributed by atoms with Crippen LogP contribution < -0.4 is 5.32 Å². The van der Waals surface area contributed by atoms with Crippen LogP contribution in [0.2, 0.25) is 0 Å². The quantitative estimate of drug-likeness (QED) is 0.0471. The summed E-state index contributed by atoms with van der Waals surface area (Å²) in [5.74, 6) is -0.154. The molecular weight excluding hydrogens is 510 g/mol. The molecule has 3 atom stereocenters. The highest BCUT2D eigenvalue weighted by molar-refractivity contribution is 5.76. The van der Waals surface area contributed by atoms with E-state index in [1.54, 1.807) is 0 Å². The fourth-order valence-corrected chi connectivity index (χ4v) is 5.51. The number of hydrogen-bond donors (Lipinski definition) is 4. The van der Waals surface area contributed by atoms with Gasteiger partial charge in [0.25, 0.3) is 0 Å². The molecule has 1 amide bonds. The van der Waals surface area contributed by atoms with Gasteiger partial charge in [0.2, 0.25) is 5.91 Å². The minimum absolute atomic E-state index is 0.154. The standard InChI is InChI=1S/C36H71NO4/c1-3-5-7-9-11-13-15-16-17-18-19-21-23-25-27-29-31-35(40)37-33(32-38)36(41)34(39)30-28-26-24-22-20-14-12-10-8-6-4-2/h22,24,33-34,36,38-39,41H,3-21,23,25-32H2,1-2H3,(H,37,40)/b24-22+. The molecule has 0 spiro atoms. The number of allylic oxidation sites excluding steroid dienone is 2. The first kappa shape index (κ1) is 40.1. The molecular formula is C36H71NO4. The maximum Gasteiger partial charge on any atom is 0.220 e. The average Bonchev–Trinajstić information content (AvgIpc) is 2.97. The van der Waals surface area contributed by atoms with Crippen LogP contribution in [-0.4, -0.2) is 46.1 Å². The van der Waals surface area contributed by atoms with Crippen molar-refractivity contribution in [1.82, 2.24) is 5.32 Å². The lowest BCUT2D eigenvalue weighted by atomic mass is 10.0. The molecule has 0 saturated heterocycles. The first-order chi connectivity index (χ1) is 20.1. The second-order valence-electron chi connectivity index (χ2n) is 12.4. The van der Waals surface area contributed by atoms with Crippen molar-refractivity contribution in [3.05, 3.63) is 12.2 Å². The Labute approximate surface area is 255 Å². The third-order valence-corrected chi connectivity index (χ3v) is 8.37. The lowest BCUT2D eigenvalue weighted by Gasteiger charge is -2.26. The number of amides is 1. The van der Waals surface area contributed by atoms with E-state index in [4.69, 9.17) is 0 Å². The zero-order chi connectivity index (χ0) is 30.2. The fraction of sp³-hybridized carbons (Fsp3) is 0.917. The van der Waals surface area contributed by atoms with E-state index in [-0.39, 0.29) is 12.5 Å². The number of carbonyl (C=O) groups excluding carboxylic acids is 1. The predicted octanol–water partition coefficient (Wildman–Crippen LogP) is 9.31. The Morgan fingerprint density at radius 1 is 0.585 bits per heavy atom. The summed E-state index contributed by atoms with van der Waals surface area (Å²) in [5, 5.41) is 33.2. The molecule has 5 nitrogen and oxygen atoms in total. The van der Waals surface area contributed by atoms with Crippen molar-refractivity contribution < 1.29 is 20.1 Å². The molecule has 0 aromatic carbocycles. The average molecular weight is 582 g/mol. The summed E-state index contributed by atoms with van der Waals surface area (Å²) in [7, 11) is 0. The molecule has 0 aromatic heterocycles. The summed E-state index contributed by atoms with van der Waals surface area (Å²) >= 11 is 0. The fourth-order valence-electron chi connectivity index (χ4n) is 5.51. The molecule has 0 aromatic rings. The van der Waals surface area contributed by atoms with Gasteiger partial charge in [-0.2, -0.15) is 0 Å². The van der Waals surface area contributed by atoms with Gasteiger partial charge < -0.3 is 20.6 Å². The molecule has 4 N–H and O–H groups in total. The van der Waals surface area contributed by atoms with Crippen LogP contribution in [0.1, 0.15) is 187 Å². The Bertz CT molecular complexity index is 568. The lowest BCUT2D eigenvalue weighted by molar-refractivity contribution is -0.124. The number of rotatable bonds is 32. The first-order valence-corrected chi connectivity index (χ1v) is 18.0. The summed E-state index contributed by atoms with van der Waals surface area (Å²) < 4.78 is 0. The van der Waals surface area contributed by atoms with E-state index in [0.717, 1.165) is 38.5 Å². The zero-order valence-electron chi connectivity index (χ0n) is 27.4. The van der Waals surface area contributed by atoms with E-state index in [0.29, 0.717) is 12.8 Å². The van der Waals surface area contributed by atoms with Gasteiger partial charge in [0.05, 0.1) is 18.8 Å². The molecule has 0 heterocycles. The molecule has 0 aliphatic carbocycles. The maximum atomic E-state index is 12.3. The van der Waals surface area contributed by atoms with Gasteiger partial charge in [0.1, 0.15) is 6.10 Å². The van der Waals surface area contributed by atoms with Crippen LogP contribution in [0.3, 0.4) is 0 Å². The van der Waals surface area contributed by atoms with Crippen molar-refractivity contribution in [2.24, 2.45) is 0 Å². The van der Waals surface area contributed by atoms with Crippen LogP contribution in [0.4, 0.5) is 0 Å². The topological polar surface area (TPSA) is 89.8 Å². The highest BCUT2D eigenvalue weighted by Crippen LogP contribution is 2.15. The molecule has 0 fully saturated rings. The molecule has 5 heteroatoms. The summed E-state index contributed by atoms with van der Waals surface area (Å²) in [5.41, 5.74) is 0. The summed E-state index contributed by atoms with van der Waals surface area (Å²) in [6, 6.07) is -0.818. The molecule has 244 valence electrons. The SMILES string of the molecule is CCCCCCCC/C=C/CCCC(O)C(O)C(CO)NC(=O)CCCCCCCCCCCCCCCCCC. The van der Waals surface area contributed by atoms with Crippen molar-refractivity contribution in [2.45, 2.75) is 205 Å². The van der Waals surface area contributed by atoms with Gasteiger partial charge in [-0.05, 0) is 38.5 Å². The highest BCUT2D eigenvalue weighted by Gasteiger charge is 2.26. The monoisotopic (exact) mass is 582 g/mol. The number of aliphatic hydroxyl groups is 3. The van der Waals surface area contributed by atoms with Gasteiger partial charge >= 0.3 is 0 Å². The third-order valence-electron chi connectivity index (χ3n) is 8.37. The molecule has 41 heavy (non-hydrogen) atoms. The number of unbranched alkanes of at least 4 members (excludes halogenated alkanes) is 22. The summed E-state index contributed by atoms with van der Waals surface area (Å²) in [6.07, 6.45) is 34.5. The van der Waals surface area contributed by atoms with Crippen molar-refractivity contribution in [3.63, 3.8) is 0 Å². The molecule has 0 aliphatic rings. The van der Waals surface area contributed by atoms with E-state index in [1.165, 1.54) is 122 Å². The highest BCUT2D eigenvalue weighted by atomic mass is 16.3. The largest absolute Gasteiger partial charge is 0.394 e. The van der Waals surface area contributed by atoms with Gasteiger partial charge in [0.15, 0.2) is 0 Å². The van der Waals surface area contributed by atoms with Gasteiger partial charge in [-0.3, -0.25) is 4.79 Å². The Morgan fingerprint density at radius 2 is 0.976 bits per heavy atom. The molecule has 0 saturated carbocycles. The van der Waals surface area contributed by atoms with Crippen LogP contribution in [0, 0.1) is 0 Å². The van der Waals surface area contributed by atoms with E-state index < -0.39 is 18.2 Å². The van der Waals surface area contributed by atoms with Crippen molar-refractivity contribution >= 4 is 5.91 Å². The number of nitrogens with one attached hydrogen (secondary N) is 1. The van der Waals surface area contributed by atoms with Crippen molar-refractivity contribution in [1.29, 1.82) is 0 Å². The maximum absolute atomic E-state index is 12.3. The number of hydrogen-bond acceptors (Lipinski definition) is 4. The second-order valence-corrected chi connectivity index (χ2v) is 12.4. The van der Waals surface area contributed by atoms with Crippen molar-refractivity contribution in [2.75, 3.05) is 6.61 Å². The van der Waals surface area contributed by atoms with Crippen LogP contribution in [0.15, 0.2) is 12.2 Å². The smallest absolute Gasteiger partial charge is 0.220 e. The van der Waals surface area contributed by atoms with Gasteiger partial charge in [0, 0.05) is 6.42 Å². The van der Waals surface area contributed by atoms with Gasteiger partial charge in [-0.25, -0.2) is 0 Å².